The molecule has 20 heavy (non-hydrogen) atoms. The first-order valence-corrected chi connectivity index (χ1v) is 6.77. The lowest BCUT2D eigenvalue weighted by atomic mass is 10.0. The number of rotatable bonds is 8. The predicted octanol–water partition coefficient (Wildman–Crippen LogP) is 0.705. The first-order chi connectivity index (χ1) is 9.48. The lowest BCUT2D eigenvalue weighted by Crippen LogP contribution is -2.41. The average Bonchev–Trinajstić information content (AvgIpc) is 2.44. The van der Waals surface area contributed by atoms with Crippen molar-refractivity contribution in [3.63, 3.8) is 0 Å². The molecule has 5 heteroatoms. The van der Waals surface area contributed by atoms with Gasteiger partial charge in [0.15, 0.2) is 0 Å². The van der Waals surface area contributed by atoms with E-state index in [-0.39, 0.29) is 12.5 Å². The number of carbonyl (C=O) groups excluding carboxylic acids is 1. The fraction of sp³-hybridized carbons (Fsp3) is 0.533. The van der Waals surface area contributed by atoms with Crippen LogP contribution in [0, 0.1) is 0 Å². The van der Waals surface area contributed by atoms with Crippen molar-refractivity contribution in [1.29, 1.82) is 0 Å². The summed E-state index contributed by atoms with van der Waals surface area (Å²) in [5.41, 5.74) is 6.19. The number of nitrogens with two attached hydrogens (primary N) is 1. The molecule has 4 N–H and O–H groups in total. The summed E-state index contributed by atoms with van der Waals surface area (Å²) in [5, 5.41) is 12.8. The van der Waals surface area contributed by atoms with Crippen molar-refractivity contribution in [2.45, 2.75) is 25.4 Å². The van der Waals surface area contributed by atoms with Gasteiger partial charge in [0.25, 0.3) is 5.91 Å². The van der Waals surface area contributed by atoms with E-state index in [1.165, 1.54) is 0 Å². The van der Waals surface area contributed by atoms with E-state index in [2.05, 4.69) is 5.32 Å². The normalized spacial score (nSPS) is 13.8. The number of amides is 1. The molecule has 0 aromatic heterocycles. The van der Waals surface area contributed by atoms with Crippen LogP contribution in [-0.2, 0) is 11.2 Å². The number of hydrogen-bond acceptors (Lipinski definition) is 4. The molecule has 0 spiro atoms. The molecule has 5 nitrogen and oxygen atoms in total. The summed E-state index contributed by atoms with van der Waals surface area (Å²) >= 11 is 0. The Labute approximate surface area is 120 Å². The Kier molecular flexibility index (Phi) is 6.64. The lowest BCUT2D eigenvalue weighted by molar-refractivity contribution is 0.0243. The molecule has 1 amide bonds. The molecule has 0 saturated heterocycles. The summed E-state index contributed by atoms with van der Waals surface area (Å²) in [6.07, 6.45) is 1.27. The minimum absolute atomic E-state index is 0.193. The first kappa shape index (κ1) is 16.6. The highest BCUT2D eigenvalue weighted by Crippen LogP contribution is 2.09. The van der Waals surface area contributed by atoms with Crippen LogP contribution in [-0.4, -0.2) is 43.4 Å². The van der Waals surface area contributed by atoms with Gasteiger partial charge in [-0.25, -0.2) is 0 Å². The van der Waals surface area contributed by atoms with Crippen molar-refractivity contribution in [3.8, 4) is 0 Å². The van der Waals surface area contributed by atoms with Gasteiger partial charge < -0.3 is 20.9 Å². The summed E-state index contributed by atoms with van der Waals surface area (Å²) in [4.78, 5) is 12.0. The molecular weight excluding hydrogens is 256 g/mol. The Morgan fingerprint density at radius 3 is 2.60 bits per heavy atom. The summed E-state index contributed by atoms with van der Waals surface area (Å²) in [7, 11) is 1.58. The number of nitrogens with one attached hydrogen (secondary N) is 1. The molecule has 0 fully saturated rings. The van der Waals surface area contributed by atoms with Crippen LogP contribution in [0.1, 0.15) is 29.3 Å². The largest absolute Gasteiger partial charge is 0.388 e. The first-order valence-electron chi connectivity index (χ1n) is 6.77. The quantitative estimate of drug-likeness (QED) is 0.654. The number of ether oxygens (including phenoxy) is 1. The van der Waals surface area contributed by atoms with Gasteiger partial charge in [0, 0.05) is 32.2 Å². The number of hydrogen-bond donors (Lipinski definition) is 3. The Bertz CT molecular complexity index is 416. The molecule has 0 aliphatic rings. The lowest BCUT2D eigenvalue weighted by Gasteiger charge is -2.23. The van der Waals surface area contributed by atoms with Crippen molar-refractivity contribution < 1.29 is 14.6 Å². The van der Waals surface area contributed by atoms with Gasteiger partial charge in [-0.05, 0) is 37.6 Å². The van der Waals surface area contributed by atoms with E-state index in [1.807, 2.05) is 12.1 Å². The van der Waals surface area contributed by atoms with Gasteiger partial charge in [-0.2, -0.15) is 0 Å². The van der Waals surface area contributed by atoms with Crippen LogP contribution in [0.2, 0.25) is 0 Å². The van der Waals surface area contributed by atoms with Crippen molar-refractivity contribution in [1.82, 2.24) is 5.32 Å². The van der Waals surface area contributed by atoms with Crippen molar-refractivity contribution >= 4 is 5.91 Å². The van der Waals surface area contributed by atoms with Crippen LogP contribution in [0.3, 0.4) is 0 Å². The zero-order chi connectivity index (χ0) is 15.0. The molecule has 1 aromatic rings. The Morgan fingerprint density at radius 1 is 1.40 bits per heavy atom. The second-order valence-corrected chi connectivity index (χ2v) is 5.16. The maximum Gasteiger partial charge on any atom is 0.251 e. The number of methoxy groups -OCH3 is 1. The topological polar surface area (TPSA) is 84.6 Å². The molecule has 1 atom stereocenters. The van der Waals surface area contributed by atoms with Crippen LogP contribution in [0.5, 0.6) is 0 Å². The molecule has 0 heterocycles. The summed E-state index contributed by atoms with van der Waals surface area (Å²) < 4.78 is 4.92. The maximum absolute atomic E-state index is 12.0. The summed E-state index contributed by atoms with van der Waals surface area (Å²) in [5.74, 6) is -0.193. The molecular formula is C15H24N2O3. The van der Waals surface area contributed by atoms with Gasteiger partial charge in [-0.3, -0.25) is 4.79 Å². The Balaban J connectivity index is 2.49. The number of benzene rings is 1. The van der Waals surface area contributed by atoms with E-state index < -0.39 is 5.60 Å². The SMILES string of the molecule is COCCC(C)(O)CNC(=O)c1ccc(CCN)cc1. The van der Waals surface area contributed by atoms with E-state index >= 15 is 0 Å². The molecule has 0 aliphatic heterocycles. The monoisotopic (exact) mass is 280 g/mol. The molecule has 0 radical (unpaired) electrons. The molecule has 1 aromatic carbocycles. The smallest absolute Gasteiger partial charge is 0.251 e. The van der Waals surface area contributed by atoms with Crippen LogP contribution in [0.4, 0.5) is 0 Å². The van der Waals surface area contributed by atoms with Gasteiger partial charge in [0.05, 0.1) is 5.60 Å². The summed E-state index contributed by atoms with van der Waals surface area (Å²) in [6, 6.07) is 7.32. The third kappa shape index (κ3) is 5.69. The standard InChI is InChI=1S/C15H24N2O3/c1-15(19,8-10-20-2)11-17-14(18)13-5-3-12(4-6-13)7-9-16/h3-6,19H,7-11,16H2,1-2H3,(H,17,18). The second-order valence-electron chi connectivity index (χ2n) is 5.16. The molecule has 0 bridgehead atoms. The van der Waals surface area contributed by atoms with Crippen LogP contribution in [0.15, 0.2) is 24.3 Å². The second kappa shape index (κ2) is 7.99. The molecule has 1 unspecified atom stereocenters. The molecule has 1 rings (SSSR count). The van der Waals surface area contributed by atoms with E-state index in [1.54, 1.807) is 26.2 Å². The number of aliphatic hydroxyl groups is 1. The molecule has 0 aliphatic carbocycles. The fourth-order valence-corrected chi connectivity index (χ4v) is 1.77. The average molecular weight is 280 g/mol. The zero-order valence-corrected chi connectivity index (χ0v) is 12.2. The van der Waals surface area contributed by atoms with Crippen molar-refractivity contribution in [2.75, 3.05) is 26.8 Å². The van der Waals surface area contributed by atoms with Crippen LogP contribution in [0.25, 0.3) is 0 Å². The minimum atomic E-state index is -0.967. The van der Waals surface area contributed by atoms with Gasteiger partial charge in [-0.15, -0.1) is 0 Å². The van der Waals surface area contributed by atoms with Crippen LogP contribution >= 0.6 is 0 Å². The van der Waals surface area contributed by atoms with Gasteiger partial charge in [0.2, 0.25) is 0 Å². The van der Waals surface area contributed by atoms with Gasteiger partial charge >= 0.3 is 0 Å². The maximum atomic E-state index is 12.0. The Morgan fingerprint density at radius 2 is 2.05 bits per heavy atom. The van der Waals surface area contributed by atoms with Crippen molar-refractivity contribution in [3.05, 3.63) is 35.4 Å². The zero-order valence-electron chi connectivity index (χ0n) is 12.2. The molecule has 112 valence electrons. The highest BCUT2D eigenvalue weighted by Gasteiger charge is 2.21. The third-order valence-electron chi connectivity index (χ3n) is 3.12. The summed E-state index contributed by atoms with van der Waals surface area (Å²) in [6.45, 7) is 2.92. The van der Waals surface area contributed by atoms with E-state index in [4.69, 9.17) is 10.5 Å². The number of carbonyl (C=O) groups is 1. The Hall–Kier alpha value is -1.43. The highest BCUT2D eigenvalue weighted by molar-refractivity contribution is 5.94. The van der Waals surface area contributed by atoms with Gasteiger partial charge in [0.1, 0.15) is 0 Å². The minimum Gasteiger partial charge on any atom is -0.388 e. The highest BCUT2D eigenvalue weighted by atomic mass is 16.5. The van der Waals surface area contributed by atoms with Crippen molar-refractivity contribution in [2.24, 2.45) is 5.73 Å². The van der Waals surface area contributed by atoms with Crippen LogP contribution < -0.4 is 11.1 Å². The van der Waals surface area contributed by atoms with E-state index in [0.29, 0.717) is 25.1 Å². The van der Waals surface area contributed by atoms with E-state index in [0.717, 1.165) is 12.0 Å². The van der Waals surface area contributed by atoms with Gasteiger partial charge in [-0.1, -0.05) is 12.1 Å². The third-order valence-corrected chi connectivity index (χ3v) is 3.12. The fourth-order valence-electron chi connectivity index (χ4n) is 1.77. The molecule has 0 saturated carbocycles. The van der Waals surface area contributed by atoms with E-state index in [9.17, 15) is 9.90 Å². The predicted molar refractivity (Wildman–Crippen MR) is 78.7 cm³/mol.